The summed E-state index contributed by atoms with van der Waals surface area (Å²) in [6, 6.07) is -0.436. The Bertz CT molecular complexity index is 538. The molecular weight excluding hydrogens is 244 g/mol. The molecule has 1 aliphatic rings. The van der Waals surface area contributed by atoms with Crippen molar-refractivity contribution in [2.75, 3.05) is 6.54 Å². The van der Waals surface area contributed by atoms with Crippen molar-refractivity contribution in [2.24, 2.45) is 0 Å². The Hall–Kier alpha value is -1.69. The third kappa shape index (κ3) is 3.01. The van der Waals surface area contributed by atoms with E-state index in [4.69, 9.17) is 0 Å². The first-order chi connectivity index (χ1) is 8.99. The van der Waals surface area contributed by atoms with Gasteiger partial charge in [0.15, 0.2) is 0 Å². The molecule has 2 heterocycles. The van der Waals surface area contributed by atoms with Crippen LogP contribution >= 0.6 is 0 Å². The van der Waals surface area contributed by atoms with Crippen LogP contribution in [-0.4, -0.2) is 28.5 Å². The van der Waals surface area contributed by atoms with Crippen molar-refractivity contribution >= 4 is 5.91 Å². The molecule has 19 heavy (non-hydrogen) atoms. The second kappa shape index (κ2) is 5.52. The van der Waals surface area contributed by atoms with Crippen molar-refractivity contribution in [3.8, 4) is 0 Å². The minimum atomic E-state index is -0.233. The van der Waals surface area contributed by atoms with E-state index in [0.29, 0.717) is 17.1 Å². The first kappa shape index (κ1) is 13.7. The number of hydrogen-bond acceptors (Lipinski definition) is 4. The van der Waals surface area contributed by atoms with E-state index in [-0.39, 0.29) is 23.6 Å². The molecule has 2 unspecified atom stereocenters. The average molecular weight is 264 g/mol. The number of aryl methyl sites for hydroxylation is 2. The lowest BCUT2D eigenvalue weighted by Gasteiger charge is -2.26. The number of aromatic amines is 1. The van der Waals surface area contributed by atoms with Gasteiger partial charge in [-0.2, -0.15) is 0 Å². The quantitative estimate of drug-likeness (QED) is 0.733. The first-order valence-corrected chi connectivity index (χ1v) is 6.60. The Labute approximate surface area is 112 Å². The molecule has 0 radical (unpaired) electrons. The largest absolute Gasteiger partial charge is 0.355 e. The Morgan fingerprint density at radius 3 is 2.74 bits per heavy atom. The molecule has 0 aliphatic carbocycles. The van der Waals surface area contributed by atoms with E-state index < -0.39 is 0 Å². The molecule has 1 amide bonds. The molecular formula is C13H20N4O2. The number of hydrogen-bond donors (Lipinski definition) is 3. The van der Waals surface area contributed by atoms with Crippen LogP contribution in [0, 0.1) is 13.8 Å². The standard InChI is InChI=1S/C13H20N4O2/c1-7-11(13(19)17-9(3)15-7)8(2)16-10-5-4-6-14-12(10)18/h8,10,16H,4-6H2,1-3H3,(H,14,18)(H,15,17,19). The van der Waals surface area contributed by atoms with Crippen LogP contribution in [0.1, 0.15) is 42.9 Å². The van der Waals surface area contributed by atoms with Gasteiger partial charge >= 0.3 is 0 Å². The summed E-state index contributed by atoms with van der Waals surface area (Å²) in [4.78, 5) is 30.7. The second-order valence-electron chi connectivity index (χ2n) is 5.02. The van der Waals surface area contributed by atoms with Gasteiger partial charge in [-0.3, -0.25) is 14.9 Å². The highest BCUT2D eigenvalue weighted by atomic mass is 16.2. The zero-order valence-electron chi connectivity index (χ0n) is 11.5. The van der Waals surface area contributed by atoms with Gasteiger partial charge in [-0.15, -0.1) is 0 Å². The maximum Gasteiger partial charge on any atom is 0.255 e. The Balaban J connectivity index is 2.18. The van der Waals surface area contributed by atoms with Gasteiger partial charge in [0, 0.05) is 18.3 Å². The molecule has 0 spiro atoms. The highest BCUT2D eigenvalue weighted by Gasteiger charge is 2.25. The number of piperidine rings is 1. The van der Waals surface area contributed by atoms with Gasteiger partial charge in [-0.1, -0.05) is 0 Å². The summed E-state index contributed by atoms with van der Waals surface area (Å²) in [6.45, 7) is 6.19. The second-order valence-corrected chi connectivity index (χ2v) is 5.02. The molecule has 6 nitrogen and oxygen atoms in total. The molecule has 1 aliphatic heterocycles. The number of aromatic nitrogens is 2. The number of nitrogens with one attached hydrogen (secondary N) is 3. The molecule has 1 saturated heterocycles. The van der Waals surface area contributed by atoms with Crippen molar-refractivity contribution in [2.45, 2.75) is 45.7 Å². The normalized spacial score (nSPS) is 21.0. The fourth-order valence-electron chi connectivity index (χ4n) is 2.56. The summed E-state index contributed by atoms with van der Waals surface area (Å²) in [6.07, 6.45) is 1.75. The van der Waals surface area contributed by atoms with E-state index in [2.05, 4.69) is 20.6 Å². The van der Waals surface area contributed by atoms with Crippen LogP contribution in [0.4, 0.5) is 0 Å². The van der Waals surface area contributed by atoms with Gasteiger partial charge in [0.2, 0.25) is 5.91 Å². The third-order valence-corrected chi connectivity index (χ3v) is 3.43. The molecule has 1 aromatic heterocycles. The fraction of sp³-hybridized carbons (Fsp3) is 0.615. The van der Waals surface area contributed by atoms with E-state index in [0.717, 1.165) is 19.4 Å². The van der Waals surface area contributed by atoms with E-state index in [1.807, 2.05) is 13.8 Å². The summed E-state index contributed by atoms with van der Waals surface area (Å²) >= 11 is 0. The van der Waals surface area contributed by atoms with Crippen molar-refractivity contribution in [1.82, 2.24) is 20.6 Å². The van der Waals surface area contributed by atoms with Gasteiger partial charge in [0.05, 0.1) is 11.6 Å². The topological polar surface area (TPSA) is 86.9 Å². The maximum atomic E-state index is 12.0. The van der Waals surface area contributed by atoms with Crippen LogP contribution in [0.5, 0.6) is 0 Å². The third-order valence-electron chi connectivity index (χ3n) is 3.43. The Morgan fingerprint density at radius 1 is 1.37 bits per heavy atom. The number of carbonyl (C=O) groups is 1. The molecule has 2 atom stereocenters. The number of rotatable bonds is 3. The molecule has 0 bridgehead atoms. The van der Waals surface area contributed by atoms with Gasteiger partial charge in [-0.25, -0.2) is 4.98 Å². The predicted octanol–water partition coefficient (Wildman–Crippen LogP) is 0.316. The van der Waals surface area contributed by atoms with Crippen molar-refractivity contribution in [1.29, 1.82) is 0 Å². The lowest BCUT2D eigenvalue weighted by Crippen LogP contribution is -2.49. The van der Waals surface area contributed by atoms with Crippen LogP contribution in [0.15, 0.2) is 4.79 Å². The molecule has 0 saturated carbocycles. The zero-order chi connectivity index (χ0) is 14.0. The van der Waals surface area contributed by atoms with Crippen molar-refractivity contribution in [3.63, 3.8) is 0 Å². The summed E-state index contributed by atoms with van der Waals surface area (Å²) in [5.74, 6) is 0.612. The molecule has 1 fully saturated rings. The number of nitrogens with zero attached hydrogens (tertiary/aromatic N) is 1. The average Bonchev–Trinajstić information content (AvgIpc) is 2.30. The SMILES string of the molecule is Cc1nc(C)c(C(C)NC2CCCNC2=O)c(=O)[nH]1. The number of H-pyrrole nitrogens is 1. The van der Waals surface area contributed by atoms with Crippen LogP contribution in [0.2, 0.25) is 0 Å². The molecule has 1 aromatic rings. The molecule has 2 rings (SSSR count). The Kier molecular flexibility index (Phi) is 3.99. The molecule has 3 N–H and O–H groups in total. The van der Waals surface area contributed by atoms with Crippen molar-refractivity contribution < 1.29 is 4.79 Å². The highest BCUT2D eigenvalue weighted by Crippen LogP contribution is 2.14. The zero-order valence-corrected chi connectivity index (χ0v) is 11.5. The molecule has 0 aromatic carbocycles. The van der Waals surface area contributed by atoms with Gasteiger partial charge in [0.25, 0.3) is 5.56 Å². The van der Waals surface area contributed by atoms with Crippen LogP contribution in [-0.2, 0) is 4.79 Å². The lowest BCUT2D eigenvalue weighted by molar-refractivity contribution is -0.124. The predicted molar refractivity (Wildman–Crippen MR) is 71.9 cm³/mol. The fourth-order valence-corrected chi connectivity index (χ4v) is 2.56. The van der Waals surface area contributed by atoms with E-state index in [1.54, 1.807) is 6.92 Å². The number of carbonyl (C=O) groups excluding carboxylic acids is 1. The monoisotopic (exact) mass is 264 g/mol. The summed E-state index contributed by atoms with van der Waals surface area (Å²) in [5, 5.41) is 6.04. The van der Waals surface area contributed by atoms with Crippen LogP contribution in [0.25, 0.3) is 0 Å². The smallest absolute Gasteiger partial charge is 0.255 e. The van der Waals surface area contributed by atoms with Crippen molar-refractivity contribution in [3.05, 3.63) is 27.4 Å². The minimum absolute atomic E-state index is 0.00672. The summed E-state index contributed by atoms with van der Waals surface area (Å²) in [5.41, 5.74) is 1.17. The van der Waals surface area contributed by atoms with E-state index >= 15 is 0 Å². The van der Waals surface area contributed by atoms with Gasteiger partial charge in [0.1, 0.15) is 5.82 Å². The molecule has 104 valence electrons. The van der Waals surface area contributed by atoms with Gasteiger partial charge < -0.3 is 10.3 Å². The lowest BCUT2D eigenvalue weighted by atomic mass is 10.0. The van der Waals surface area contributed by atoms with Crippen LogP contribution in [0.3, 0.4) is 0 Å². The van der Waals surface area contributed by atoms with Crippen LogP contribution < -0.4 is 16.2 Å². The maximum absolute atomic E-state index is 12.0. The first-order valence-electron chi connectivity index (χ1n) is 6.60. The van der Waals surface area contributed by atoms with E-state index in [1.165, 1.54) is 0 Å². The highest BCUT2D eigenvalue weighted by molar-refractivity contribution is 5.82. The minimum Gasteiger partial charge on any atom is -0.355 e. The van der Waals surface area contributed by atoms with Gasteiger partial charge in [-0.05, 0) is 33.6 Å². The van der Waals surface area contributed by atoms with E-state index in [9.17, 15) is 9.59 Å². The summed E-state index contributed by atoms with van der Waals surface area (Å²) < 4.78 is 0. The molecule has 6 heteroatoms. The number of amides is 1. The summed E-state index contributed by atoms with van der Waals surface area (Å²) in [7, 11) is 0. The Morgan fingerprint density at radius 2 is 2.11 bits per heavy atom.